The van der Waals surface area contributed by atoms with Gasteiger partial charge in [0.15, 0.2) is 0 Å². The summed E-state index contributed by atoms with van der Waals surface area (Å²) >= 11 is 0. The number of nitrogens with zero attached hydrogens (tertiary/aromatic N) is 6. The Bertz CT molecular complexity index is 2030. The van der Waals surface area contributed by atoms with E-state index in [0.717, 1.165) is 35.3 Å². The van der Waals surface area contributed by atoms with Gasteiger partial charge in [-0.25, -0.2) is 14.1 Å². The number of likely N-dealkylation sites (N-methyl/N-ethyl adjacent to an activating group) is 1. The Labute approximate surface area is 259 Å². The largest absolute Gasteiger partial charge is 0.392 e. The van der Waals surface area contributed by atoms with Crippen molar-refractivity contribution in [1.29, 1.82) is 0 Å². The number of hydrogen-bond donors (Lipinski definition) is 2. The van der Waals surface area contributed by atoms with Crippen LogP contribution in [0.5, 0.6) is 0 Å². The molecule has 0 bridgehead atoms. The average Bonchev–Trinajstić information content (AvgIpc) is 3.45. The number of nitrogens with one attached hydrogen (secondary N) is 1. The molecule has 2 N–H and O–H groups in total. The highest BCUT2D eigenvalue weighted by molar-refractivity contribution is 5.83. The third kappa shape index (κ3) is 5.76. The van der Waals surface area contributed by atoms with E-state index in [4.69, 9.17) is 0 Å². The van der Waals surface area contributed by atoms with Gasteiger partial charge in [-0.3, -0.25) is 9.59 Å². The third-order valence-corrected chi connectivity index (χ3v) is 8.49. The van der Waals surface area contributed by atoms with Crippen LogP contribution in [0, 0.1) is 5.82 Å². The van der Waals surface area contributed by atoms with Crippen LogP contribution in [0.3, 0.4) is 0 Å². The molecular formula is C34H36FN7O3. The van der Waals surface area contributed by atoms with Gasteiger partial charge in [-0.2, -0.15) is 14.9 Å². The van der Waals surface area contributed by atoms with Gasteiger partial charge in [0.25, 0.3) is 11.1 Å². The molecule has 1 aliphatic rings. The molecule has 0 aliphatic carbocycles. The summed E-state index contributed by atoms with van der Waals surface area (Å²) in [6, 6.07) is 13.7. The molecule has 0 spiro atoms. The highest BCUT2D eigenvalue weighted by atomic mass is 19.1. The van der Waals surface area contributed by atoms with Crippen molar-refractivity contribution < 1.29 is 9.50 Å². The molecule has 232 valence electrons. The Morgan fingerprint density at radius 3 is 2.51 bits per heavy atom. The van der Waals surface area contributed by atoms with Gasteiger partial charge in [-0.05, 0) is 72.8 Å². The molecule has 1 aliphatic heterocycles. The van der Waals surface area contributed by atoms with E-state index in [1.165, 1.54) is 24.0 Å². The predicted molar refractivity (Wildman–Crippen MR) is 173 cm³/mol. The van der Waals surface area contributed by atoms with Crippen LogP contribution >= 0.6 is 0 Å². The summed E-state index contributed by atoms with van der Waals surface area (Å²) in [5.74, 6) is 0.315. The van der Waals surface area contributed by atoms with E-state index in [9.17, 15) is 14.7 Å². The van der Waals surface area contributed by atoms with Crippen molar-refractivity contribution in [1.82, 2.24) is 29.4 Å². The van der Waals surface area contributed by atoms with Crippen molar-refractivity contribution in [2.24, 2.45) is 7.05 Å². The molecule has 1 saturated heterocycles. The number of aromatic nitrogens is 5. The summed E-state index contributed by atoms with van der Waals surface area (Å²) < 4.78 is 17.6. The lowest BCUT2D eigenvalue weighted by Gasteiger charge is -2.20. The summed E-state index contributed by atoms with van der Waals surface area (Å²) in [6.07, 6.45) is 4.38. The smallest absolute Gasteiger partial charge is 0.290 e. The fraction of sp³-hybridized carbons (Fsp3) is 0.324. The molecule has 6 rings (SSSR count). The number of hydrogen-bond acceptors (Lipinski definition) is 8. The van der Waals surface area contributed by atoms with Gasteiger partial charge >= 0.3 is 0 Å². The first-order valence-corrected chi connectivity index (χ1v) is 14.9. The van der Waals surface area contributed by atoms with Crippen LogP contribution in [0.15, 0.2) is 70.5 Å². The van der Waals surface area contributed by atoms with Gasteiger partial charge in [-0.1, -0.05) is 39.0 Å². The van der Waals surface area contributed by atoms with Crippen molar-refractivity contribution in [3.8, 4) is 16.9 Å². The zero-order valence-electron chi connectivity index (χ0n) is 26.0. The Morgan fingerprint density at radius 1 is 1.04 bits per heavy atom. The number of anilines is 2. The minimum Gasteiger partial charge on any atom is -0.392 e. The summed E-state index contributed by atoms with van der Waals surface area (Å²) in [6.45, 7) is 7.49. The van der Waals surface area contributed by atoms with E-state index in [1.807, 2.05) is 39.1 Å². The molecule has 10 nitrogen and oxygen atoms in total. The SMILES string of the molecule is CN1CC[C@H](c2ccc(Nc3cc(-c4cccc(-n5ncc6cc(C(C)(C)C)cc(F)c6c5=O)c4CO)nn(C)c3=O)nc2)C1. The van der Waals surface area contributed by atoms with Crippen molar-refractivity contribution >= 4 is 22.3 Å². The second-order valence-corrected chi connectivity index (χ2v) is 12.7. The van der Waals surface area contributed by atoms with Crippen LogP contribution in [0.25, 0.3) is 27.7 Å². The summed E-state index contributed by atoms with van der Waals surface area (Å²) in [7, 11) is 3.65. The first-order valence-electron chi connectivity index (χ1n) is 14.9. The Hall–Kier alpha value is -4.74. The summed E-state index contributed by atoms with van der Waals surface area (Å²) in [5, 5.41) is 22.8. The van der Waals surface area contributed by atoms with Crippen LogP contribution in [0.2, 0.25) is 0 Å². The molecule has 5 aromatic rings. The Morgan fingerprint density at radius 2 is 1.84 bits per heavy atom. The standard InChI is InChI=1S/C34H36FN7O3/c1-34(2,3)23-13-22-17-37-42(33(45)31(22)26(35)14-23)29-8-6-7-24(25(29)19-43)27-15-28(32(44)41(5)39-27)38-30-10-9-20(16-36-30)21-11-12-40(4)18-21/h6-10,13-17,21,43H,11-12,18-19H2,1-5H3,(H,36,38)/t21-/m0/s1. The maximum Gasteiger partial charge on any atom is 0.290 e. The Balaban J connectivity index is 1.38. The number of halogens is 1. The van der Waals surface area contributed by atoms with Gasteiger partial charge in [0, 0.05) is 36.3 Å². The number of fused-ring (bicyclic) bond motifs is 1. The van der Waals surface area contributed by atoms with Crippen molar-refractivity contribution in [3.05, 3.63) is 104 Å². The third-order valence-electron chi connectivity index (χ3n) is 8.49. The van der Waals surface area contributed by atoms with E-state index in [1.54, 1.807) is 30.3 Å². The number of benzene rings is 2. The molecule has 0 saturated carbocycles. The summed E-state index contributed by atoms with van der Waals surface area (Å²) in [5.41, 5.74) is 2.33. The molecule has 3 aromatic heterocycles. The van der Waals surface area contributed by atoms with Crippen molar-refractivity contribution in [2.75, 3.05) is 25.5 Å². The topological polar surface area (TPSA) is 118 Å². The van der Waals surface area contributed by atoms with Gasteiger partial charge in [0.2, 0.25) is 0 Å². The van der Waals surface area contributed by atoms with Gasteiger partial charge in [0.1, 0.15) is 17.3 Å². The lowest BCUT2D eigenvalue weighted by atomic mass is 9.86. The number of aliphatic hydroxyl groups excluding tert-OH is 1. The minimum atomic E-state index is -0.646. The van der Waals surface area contributed by atoms with Gasteiger partial charge in [0.05, 0.1) is 29.6 Å². The zero-order valence-corrected chi connectivity index (χ0v) is 26.0. The number of aliphatic hydroxyl groups is 1. The lowest BCUT2D eigenvalue weighted by molar-refractivity contribution is 0.281. The number of aryl methyl sites for hydroxylation is 1. The zero-order chi connectivity index (χ0) is 32.0. The van der Waals surface area contributed by atoms with Crippen molar-refractivity contribution in [2.45, 2.75) is 45.1 Å². The number of rotatable bonds is 6. The number of likely N-dealkylation sites (tertiary alicyclic amines) is 1. The van der Waals surface area contributed by atoms with Crippen LogP contribution < -0.4 is 16.4 Å². The lowest BCUT2D eigenvalue weighted by Crippen LogP contribution is -2.24. The molecule has 0 amide bonds. The van der Waals surface area contributed by atoms with E-state index >= 15 is 4.39 Å². The normalized spacial score (nSPS) is 15.6. The maximum absolute atomic E-state index is 15.3. The highest BCUT2D eigenvalue weighted by Crippen LogP contribution is 2.31. The maximum atomic E-state index is 15.3. The Kier molecular flexibility index (Phi) is 7.84. The van der Waals surface area contributed by atoms with E-state index in [-0.39, 0.29) is 27.7 Å². The molecule has 1 atom stereocenters. The second-order valence-electron chi connectivity index (χ2n) is 12.7. The number of pyridine rings is 1. The minimum absolute atomic E-state index is 0.0857. The highest BCUT2D eigenvalue weighted by Gasteiger charge is 2.23. The van der Waals surface area contributed by atoms with Gasteiger partial charge in [-0.15, -0.1) is 0 Å². The molecule has 1 fully saturated rings. The fourth-order valence-electron chi connectivity index (χ4n) is 5.91. The van der Waals surface area contributed by atoms with Crippen LogP contribution in [0.1, 0.15) is 49.8 Å². The van der Waals surface area contributed by atoms with Crippen LogP contribution in [-0.4, -0.2) is 54.7 Å². The fourth-order valence-corrected chi connectivity index (χ4v) is 5.91. The first kappa shape index (κ1) is 30.3. The molecule has 2 aromatic carbocycles. The van der Waals surface area contributed by atoms with Crippen LogP contribution in [0.4, 0.5) is 15.9 Å². The molecule has 11 heteroatoms. The van der Waals surface area contributed by atoms with Crippen LogP contribution in [-0.2, 0) is 19.1 Å². The molecule has 0 radical (unpaired) electrons. The first-order chi connectivity index (χ1) is 21.4. The predicted octanol–water partition coefficient (Wildman–Crippen LogP) is 4.63. The molecule has 0 unspecified atom stereocenters. The monoisotopic (exact) mass is 609 g/mol. The van der Waals surface area contributed by atoms with E-state index in [2.05, 4.69) is 32.4 Å². The van der Waals surface area contributed by atoms with E-state index < -0.39 is 18.0 Å². The van der Waals surface area contributed by atoms with Crippen molar-refractivity contribution in [3.63, 3.8) is 0 Å². The quantitative estimate of drug-likeness (QED) is 0.286. The second kappa shape index (κ2) is 11.6. The average molecular weight is 610 g/mol. The summed E-state index contributed by atoms with van der Waals surface area (Å²) in [4.78, 5) is 33.5. The molecule has 45 heavy (non-hydrogen) atoms. The molecule has 4 heterocycles. The molecular weight excluding hydrogens is 573 g/mol. The van der Waals surface area contributed by atoms with E-state index in [0.29, 0.717) is 33.9 Å². The van der Waals surface area contributed by atoms with Gasteiger partial charge < -0.3 is 15.3 Å².